The van der Waals surface area contributed by atoms with Crippen molar-refractivity contribution in [1.29, 1.82) is 0 Å². The van der Waals surface area contributed by atoms with Crippen LogP contribution in [0.4, 0.5) is 10.1 Å². The summed E-state index contributed by atoms with van der Waals surface area (Å²) >= 11 is 0. The molecule has 7 nitrogen and oxygen atoms in total. The first kappa shape index (κ1) is 22.3. The summed E-state index contributed by atoms with van der Waals surface area (Å²) in [6, 6.07) is 12.3. The van der Waals surface area contributed by atoms with Crippen molar-refractivity contribution < 1.29 is 19.1 Å². The smallest absolute Gasteiger partial charge is 0.341 e. The Morgan fingerprint density at radius 3 is 2.42 bits per heavy atom. The van der Waals surface area contributed by atoms with E-state index in [9.17, 15) is 23.9 Å². The molecule has 0 saturated carbocycles. The van der Waals surface area contributed by atoms with Gasteiger partial charge < -0.3 is 19.5 Å². The van der Waals surface area contributed by atoms with Gasteiger partial charge in [0.05, 0.1) is 11.2 Å². The van der Waals surface area contributed by atoms with Gasteiger partial charge in [0.1, 0.15) is 11.4 Å². The zero-order chi connectivity index (χ0) is 23.5. The number of aromatic carboxylic acids is 1. The van der Waals surface area contributed by atoms with Gasteiger partial charge in [0.25, 0.3) is 0 Å². The van der Waals surface area contributed by atoms with Crippen LogP contribution < -0.4 is 10.3 Å². The third-order valence-electron chi connectivity index (χ3n) is 5.87. The third kappa shape index (κ3) is 4.50. The van der Waals surface area contributed by atoms with E-state index in [4.69, 9.17) is 0 Å². The van der Waals surface area contributed by atoms with E-state index in [1.165, 1.54) is 6.20 Å². The molecule has 0 spiro atoms. The van der Waals surface area contributed by atoms with Gasteiger partial charge in [-0.1, -0.05) is 30.3 Å². The molecule has 33 heavy (non-hydrogen) atoms. The van der Waals surface area contributed by atoms with Gasteiger partial charge in [-0.2, -0.15) is 0 Å². The van der Waals surface area contributed by atoms with Crippen LogP contribution >= 0.6 is 0 Å². The number of hydrogen-bond acceptors (Lipinski definition) is 4. The summed E-state index contributed by atoms with van der Waals surface area (Å²) in [6.45, 7) is 4.01. The minimum Gasteiger partial charge on any atom is -0.477 e. The summed E-state index contributed by atoms with van der Waals surface area (Å²) in [5.74, 6) is -2.03. The van der Waals surface area contributed by atoms with E-state index in [-0.39, 0.29) is 16.9 Å². The molecule has 4 rings (SSSR count). The van der Waals surface area contributed by atoms with Gasteiger partial charge >= 0.3 is 5.97 Å². The summed E-state index contributed by atoms with van der Waals surface area (Å²) in [7, 11) is 0. The molecular weight excluding hydrogens is 425 g/mol. The molecule has 8 heteroatoms. The number of carboxylic acid groups (broad SMARTS) is 1. The third-order valence-corrected chi connectivity index (χ3v) is 5.87. The lowest BCUT2D eigenvalue weighted by Crippen LogP contribution is -2.48. The average molecular weight is 449 g/mol. The average Bonchev–Trinajstić information content (AvgIpc) is 2.83. The lowest BCUT2D eigenvalue weighted by atomic mass is 10.1. The molecule has 170 valence electrons. The lowest BCUT2D eigenvalue weighted by Gasteiger charge is -2.36. The molecule has 2 aromatic carbocycles. The van der Waals surface area contributed by atoms with Gasteiger partial charge in [-0.05, 0) is 30.7 Å². The van der Waals surface area contributed by atoms with E-state index in [0.717, 1.165) is 11.6 Å². The van der Waals surface area contributed by atoms with Gasteiger partial charge in [-0.15, -0.1) is 0 Å². The molecule has 1 aromatic heterocycles. The standard InChI is InChI=1S/C25H24FN3O4/c1-2-27-16-19(25(32)33)24(31)18-14-20(26)22(15-21(18)27)28-10-12-29(13-11-28)23(30)9-8-17-6-4-3-5-7-17/h3-9,14-16H,2,10-13H2,1H3,(H,32,33)/b9-8+. The Balaban J connectivity index is 1.54. The summed E-state index contributed by atoms with van der Waals surface area (Å²) < 4.78 is 16.6. The van der Waals surface area contributed by atoms with E-state index < -0.39 is 17.2 Å². The molecule has 1 N–H and O–H groups in total. The molecule has 0 unspecified atom stereocenters. The molecule has 2 heterocycles. The SMILES string of the molecule is CCn1cc(C(=O)O)c(=O)c2cc(F)c(N3CCN(C(=O)/C=C/c4ccccc4)CC3)cc21. The quantitative estimate of drug-likeness (QED) is 0.605. The van der Waals surface area contributed by atoms with E-state index in [1.54, 1.807) is 27.7 Å². The monoisotopic (exact) mass is 449 g/mol. The largest absolute Gasteiger partial charge is 0.477 e. The number of fused-ring (bicyclic) bond motifs is 1. The van der Waals surface area contributed by atoms with Gasteiger partial charge in [0.15, 0.2) is 0 Å². The first-order valence-electron chi connectivity index (χ1n) is 10.8. The van der Waals surface area contributed by atoms with Gasteiger partial charge in [-0.3, -0.25) is 9.59 Å². The maximum absolute atomic E-state index is 15.0. The summed E-state index contributed by atoms with van der Waals surface area (Å²) in [6.07, 6.45) is 4.61. The van der Waals surface area contributed by atoms with Gasteiger partial charge in [0.2, 0.25) is 11.3 Å². The number of hydrogen-bond donors (Lipinski definition) is 1. The first-order valence-corrected chi connectivity index (χ1v) is 10.8. The second-order valence-corrected chi connectivity index (χ2v) is 7.84. The van der Waals surface area contributed by atoms with Crippen LogP contribution in [0.2, 0.25) is 0 Å². The van der Waals surface area contributed by atoms with Crippen molar-refractivity contribution in [3.05, 3.63) is 81.9 Å². The summed E-state index contributed by atoms with van der Waals surface area (Å²) in [5.41, 5.74) is 0.670. The number of piperazine rings is 1. The van der Waals surface area contributed by atoms with Crippen molar-refractivity contribution >= 4 is 34.5 Å². The molecule has 1 fully saturated rings. The number of rotatable bonds is 5. The zero-order valence-corrected chi connectivity index (χ0v) is 18.2. The highest BCUT2D eigenvalue weighted by Gasteiger charge is 2.23. The number of amides is 1. The van der Waals surface area contributed by atoms with Crippen molar-refractivity contribution in [3.63, 3.8) is 0 Å². The van der Waals surface area contributed by atoms with Crippen LogP contribution in [0.3, 0.4) is 0 Å². The second-order valence-electron chi connectivity index (χ2n) is 7.84. The van der Waals surface area contributed by atoms with Crippen LogP contribution in [-0.4, -0.2) is 52.6 Å². The highest BCUT2D eigenvalue weighted by Crippen LogP contribution is 2.26. The second kappa shape index (κ2) is 9.28. The Morgan fingerprint density at radius 2 is 1.79 bits per heavy atom. The predicted molar refractivity (Wildman–Crippen MR) is 125 cm³/mol. The highest BCUT2D eigenvalue weighted by molar-refractivity contribution is 5.94. The number of aryl methyl sites for hydroxylation is 1. The minimum atomic E-state index is -1.34. The summed E-state index contributed by atoms with van der Waals surface area (Å²) in [4.78, 5) is 40.0. The Kier molecular flexibility index (Phi) is 6.26. The molecule has 0 atom stereocenters. The Morgan fingerprint density at radius 1 is 1.09 bits per heavy atom. The first-order chi connectivity index (χ1) is 15.9. The minimum absolute atomic E-state index is 0.0397. The molecule has 0 bridgehead atoms. The Hall–Kier alpha value is -3.94. The number of nitrogens with zero attached hydrogens (tertiary/aromatic N) is 3. The van der Waals surface area contributed by atoms with Crippen molar-refractivity contribution in [2.24, 2.45) is 0 Å². The lowest BCUT2D eigenvalue weighted by molar-refractivity contribution is -0.126. The topological polar surface area (TPSA) is 82.8 Å². The van der Waals surface area contributed by atoms with E-state index in [0.29, 0.717) is 43.9 Å². The molecule has 1 aliphatic heterocycles. The fourth-order valence-corrected chi connectivity index (χ4v) is 4.06. The number of aromatic nitrogens is 1. The molecule has 0 aliphatic carbocycles. The molecule has 1 saturated heterocycles. The van der Waals surface area contributed by atoms with E-state index in [2.05, 4.69) is 0 Å². The number of carbonyl (C=O) groups is 2. The fourth-order valence-electron chi connectivity index (χ4n) is 4.06. The van der Waals surface area contributed by atoms with Crippen molar-refractivity contribution in [2.45, 2.75) is 13.5 Å². The molecule has 1 amide bonds. The molecule has 0 radical (unpaired) electrons. The number of carboxylic acids is 1. The fraction of sp³-hybridized carbons (Fsp3) is 0.240. The molecule has 3 aromatic rings. The van der Waals surface area contributed by atoms with Crippen LogP contribution in [-0.2, 0) is 11.3 Å². The molecule has 1 aliphatic rings. The van der Waals surface area contributed by atoms with Crippen LogP contribution in [0, 0.1) is 5.82 Å². The van der Waals surface area contributed by atoms with E-state index in [1.807, 2.05) is 42.2 Å². The maximum atomic E-state index is 15.0. The number of carbonyl (C=O) groups excluding carboxylic acids is 1. The van der Waals surface area contributed by atoms with Gasteiger partial charge in [-0.25, -0.2) is 9.18 Å². The zero-order valence-electron chi connectivity index (χ0n) is 18.2. The van der Waals surface area contributed by atoms with Crippen LogP contribution in [0.25, 0.3) is 17.0 Å². The van der Waals surface area contributed by atoms with Crippen molar-refractivity contribution in [2.75, 3.05) is 31.1 Å². The Bertz CT molecular complexity index is 1290. The molecular formula is C25H24FN3O4. The number of anilines is 1. The van der Waals surface area contributed by atoms with Crippen LogP contribution in [0.5, 0.6) is 0 Å². The maximum Gasteiger partial charge on any atom is 0.341 e. The van der Waals surface area contributed by atoms with Crippen LogP contribution in [0.15, 0.2) is 59.5 Å². The highest BCUT2D eigenvalue weighted by atomic mass is 19.1. The normalized spacial score (nSPS) is 14.2. The van der Waals surface area contributed by atoms with Crippen molar-refractivity contribution in [3.8, 4) is 0 Å². The summed E-state index contributed by atoms with van der Waals surface area (Å²) in [5, 5.41) is 9.33. The van der Waals surface area contributed by atoms with Crippen molar-refractivity contribution in [1.82, 2.24) is 9.47 Å². The number of halogens is 1. The Labute approximate surface area is 190 Å². The van der Waals surface area contributed by atoms with E-state index >= 15 is 0 Å². The van der Waals surface area contributed by atoms with Crippen LogP contribution in [0.1, 0.15) is 22.8 Å². The van der Waals surface area contributed by atoms with Gasteiger partial charge in [0, 0.05) is 50.4 Å². The predicted octanol–water partition coefficient (Wildman–Crippen LogP) is 3.22. The number of benzene rings is 2. The number of pyridine rings is 1.